The average Bonchev–Trinajstić information content (AvgIpc) is 2.27. The van der Waals surface area contributed by atoms with E-state index in [1.807, 2.05) is 30.3 Å². The number of carbonyl (C=O) groups excluding carboxylic acids is 2. The fourth-order valence-electron chi connectivity index (χ4n) is 1.30. The van der Waals surface area contributed by atoms with Crippen LogP contribution in [0, 0.1) is 5.92 Å². The van der Waals surface area contributed by atoms with Crippen molar-refractivity contribution in [2.45, 2.75) is 13.3 Å². The summed E-state index contributed by atoms with van der Waals surface area (Å²) in [5.74, 6) is -1.14. The van der Waals surface area contributed by atoms with E-state index in [0.717, 1.165) is 5.56 Å². The Morgan fingerprint density at radius 1 is 1.40 bits per heavy atom. The third-order valence-electron chi connectivity index (χ3n) is 2.05. The first kappa shape index (κ1) is 11.4. The number of ether oxygens (including phenoxy) is 1. The molecular formula is C12H14O3. The number of rotatable bonds is 5. The Kier molecular flexibility index (Phi) is 4.54. The van der Waals surface area contributed by atoms with Crippen molar-refractivity contribution >= 4 is 12.3 Å². The van der Waals surface area contributed by atoms with Gasteiger partial charge in [-0.05, 0) is 18.9 Å². The summed E-state index contributed by atoms with van der Waals surface area (Å²) in [5.41, 5.74) is 0.961. The highest BCUT2D eigenvalue weighted by atomic mass is 16.5. The van der Waals surface area contributed by atoms with Crippen LogP contribution in [0.4, 0.5) is 0 Å². The van der Waals surface area contributed by atoms with Crippen LogP contribution in [0.2, 0.25) is 0 Å². The molecule has 1 aromatic carbocycles. The van der Waals surface area contributed by atoms with E-state index < -0.39 is 11.9 Å². The van der Waals surface area contributed by atoms with Crippen LogP contribution in [0.15, 0.2) is 30.3 Å². The van der Waals surface area contributed by atoms with Crippen molar-refractivity contribution in [3.05, 3.63) is 35.9 Å². The predicted molar refractivity (Wildman–Crippen MR) is 56.3 cm³/mol. The summed E-state index contributed by atoms with van der Waals surface area (Å²) in [6, 6.07) is 9.42. The van der Waals surface area contributed by atoms with E-state index in [2.05, 4.69) is 0 Å². The standard InChI is InChI=1S/C12H14O3/c1-2-15-12(14)11(9-13)8-10-6-4-3-5-7-10/h3-7,9,11H,2,8H2,1H3/t11-/m1/s1. The van der Waals surface area contributed by atoms with Crippen LogP contribution in [0.5, 0.6) is 0 Å². The molecule has 1 aromatic rings. The highest BCUT2D eigenvalue weighted by molar-refractivity contribution is 5.88. The minimum absolute atomic E-state index is 0.304. The Bertz CT molecular complexity index is 319. The van der Waals surface area contributed by atoms with Gasteiger partial charge in [0.25, 0.3) is 0 Å². The molecule has 0 N–H and O–H groups in total. The quantitative estimate of drug-likeness (QED) is 0.417. The third kappa shape index (κ3) is 3.54. The van der Waals surface area contributed by atoms with Gasteiger partial charge >= 0.3 is 5.97 Å². The van der Waals surface area contributed by atoms with Gasteiger partial charge in [-0.1, -0.05) is 30.3 Å². The van der Waals surface area contributed by atoms with Gasteiger partial charge in [0.15, 0.2) is 0 Å². The van der Waals surface area contributed by atoms with E-state index in [-0.39, 0.29) is 0 Å². The van der Waals surface area contributed by atoms with E-state index >= 15 is 0 Å². The molecule has 0 aliphatic carbocycles. The molecule has 0 fully saturated rings. The maximum Gasteiger partial charge on any atom is 0.316 e. The highest BCUT2D eigenvalue weighted by Crippen LogP contribution is 2.08. The minimum atomic E-state index is -0.688. The number of benzene rings is 1. The molecule has 0 amide bonds. The first-order valence-electron chi connectivity index (χ1n) is 4.93. The van der Waals surface area contributed by atoms with Gasteiger partial charge in [0.1, 0.15) is 12.2 Å². The van der Waals surface area contributed by atoms with Crippen LogP contribution in [0.25, 0.3) is 0 Å². The molecule has 0 saturated heterocycles. The summed E-state index contributed by atoms with van der Waals surface area (Å²) in [6.45, 7) is 2.03. The Morgan fingerprint density at radius 2 is 2.07 bits per heavy atom. The van der Waals surface area contributed by atoms with Crippen molar-refractivity contribution in [1.29, 1.82) is 0 Å². The van der Waals surface area contributed by atoms with Crippen LogP contribution in [-0.2, 0) is 20.7 Å². The van der Waals surface area contributed by atoms with Crippen LogP contribution in [0.1, 0.15) is 12.5 Å². The molecule has 0 radical (unpaired) electrons. The van der Waals surface area contributed by atoms with E-state index in [1.54, 1.807) is 6.92 Å². The molecule has 15 heavy (non-hydrogen) atoms. The van der Waals surface area contributed by atoms with Gasteiger partial charge in [0.05, 0.1) is 6.61 Å². The zero-order valence-electron chi connectivity index (χ0n) is 8.68. The molecule has 0 spiro atoms. The van der Waals surface area contributed by atoms with Crippen molar-refractivity contribution in [2.24, 2.45) is 5.92 Å². The Hall–Kier alpha value is -1.64. The van der Waals surface area contributed by atoms with Crippen molar-refractivity contribution < 1.29 is 14.3 Å². The molecule has 0 aromatic heterocycles. The molecule has 0 bridgehead atoms. The fourth-order valence-corrected chi connectivity index (χ4v) is 1.30. The Labute approximate surface area is 89.1 Å². The van der Waals surface area contributed by atoms with Crippen molar-refractivity contribution in [3.8, 4) is 0 Å². The second-order valence-electron chi connectivity index (χ2n) is 3.18. The molecule has 1 rings (SSSR count). The lowest BCUT2D eigenvalue weighted by molar-refractivity contribution is -0.149. The van der Waals surface area contributed by atoms with Crippen LogP contribution in [-0.4, -0.2) is 18.9 Å². The number of aldehydes is 1. The zero-order chi connectivity index (χ0) is 11.1. The maximum absolute atomic E-state index is 11.3. The molecule has 0 unspecified atom stereocenters. The SMILES string of the molecule is CCOC(=O)[C@@H](C=O)Cc1ccccc1. The molecule has 0 saturated carbocycles. The number of carbonyl (C=O) groups is 2. The highest BCUT2D eigenvalue weighted by Gasteiger charge is 2.18. The summed E-state index contributed by atoms with van der Waals surface area (Å²) in [5, 5.41) is 0. The maximum atomic E-state index is 11.3. The summed E-state index contributed by atoms with van der Waals surface area (Å²) in [7, 11) is 0. The van der Waals surface area contributed by atoms with Crippen molar-refractivity contribution in [2.75, 3.05) is 6.61 Å². The molecule has 1 atom stereocenters. The largest absolute Gasteiger partial charge is 0.465 e. The van der Waals surface area contributed by atoms with Gasteiger partial charge in [0.2, 0.25) is 0 Å². The van der Waals surface area contributed by atoms with Crippen LogP contribution < -0.4 is 0 Å². The van der Waals surface area contributed by atoms with Gasteiger partial charge < -0.3 is 9.53 Å². The molecule has 0 aliphatic rings. The van der Waals surface area contributed by atoms with E-state index in [0.29, 0.717) is 19.3 Å². The molecule has 3 heteroatoms. The van der Waals surface area contributed by atoms with Crippen LogP contribution >= 0.6 is 0 Å². The first-order valence-corrected chi connectivity index (χ1v) is 4.93. The zero-order valence-corrected chi connectivity index (χ0v) is 8.68. The summed E-state index contributed by atoms with van der Waals surface area (Å²) >= 11 is 0. The topological polar surface area (TPSA) is 43.4 Å². The normalized spacial score (nSPS) is 11.8. The van der Waals surface area contributed by atoms with Crippen molar-refractivity contribution in [1.82, 2.24) is 0 Å². The smallest absolute Gasteiger partial charge is 0.316 e. The number of hydrogen-bond donors (Lipinski definition) is 0. The molecule has 0 heterocycles. The van der Waals surface area contributed by atoms with Crippen molar-refractivity contribution in [3.63, 3.8) is 0 Å². The van der Waals surface area contributed by atoms with E-state index in [1.165, 1.54) is 0 Å². The van der Waals surface area contributed by atoms with E-state index in [4.69, 9.17) is 4.74 Å². The van der Waals surface area contributed by atoms with Gasteiger partial charge in [-0.15, -0.1) is 0 Å². The second-order valence-corrected chi connectivity index (χ2v) is 3.18. The summed E-state index contributed by atoms with van der Waals surface area (Å²) in [6.07, 6.45) is 1.05. The molecule has 0 aliphatic heterocycles. The predicted octanol–water partition coefficient (Wildman–Crippen LogP) is 1.61. The van der Waals surface area contributed by atoms with Crippen LogP contribution in [0.3, 0.4) is 0 Å². The lowest BCUT2D eigenvalue weighted by Gasteiger charge is -2.08. The Morgan fingerprint density at radius 3 is 2.60 bits per heavy atom. The summed E-state index contributed by atoms with van der Waals surface area (Å²) < 4.78 is 4.80. The lowest BCUT2D eigenvalue weighted by Crippen LogP contribution is -2.21. The van der Waals surface area contributed by atoms with Gasteiger partial charge in [-0.2, -0.15) is 0 Å². The molecule has 80 valence electrons. The summed E-state index contributed by atoms with van der Waals surface area (Å²) in [4.78, 5) is 22.1. The average molecular weight is 206 g/mol. The second kappa shape index (κ2) is 5.96. The third-order valence-corrected chi connectivity index (χ3v) is 2.05. The fraction of sp³-hybridized carbons (Fsp3) is 0.333. The minimum Gasteiger partial charge on any atom is -0.465 e. The monoisotopic (exact) mass is 206 g/mol. The Balaban J connectivity index is 2.62. The lowest BCUT2D eigenvalue weighted by atomic mass is 10.0. The first-order chi connectivity index (χ1) is 7.27. The number of esters is 1. The number of hydrogen-bond acceptors (Lipinski definition) is 3. The molecular weight excluding hydrogens is 192 g/mol. The van der Waals surface area contributed by atoms with E-state index in [9.17, 15) is 9.59 Å². The van der Waals surface area contributed by atoms with Gasteiger partial charge in [-0.3, -0.25) is 4.79 Å². The molecule has 3 nitrogen and oxygen atoms in total. The van der Waals surface area contributed by atoms with Gasteiger partial charge in [-0.25, -0.2) is 0 Å². The van der Waals surface area contributed by atoms with Gasteiger partial charge in [0, 0.05) is 0 Å².